The van der Waals surface area contributed by atoms with Crippen LogP contribution in [0.2, 0.25) is 0 Å². The van der Waals surface area contributed by atoms with Crippen molar-refractivity contribution in [3.05, 3.63) is 65.0 Å². The van der Waals surface area contributed by atoms with Crippen molar-refractivity contribution in [2.24, 2.45) is 11.7 Å². The molecule has 3 heterocycles. The summed E-state index contributed by atoms with van der Waals surface area (Å²) in [6.45, 7) is 0.133. The number of nitrogens with zero attached hydrogens (tertiary/aromatic N) is 1. The second kappa shape index (κ2) is 6.88. The molecule has 0 aromatic heterocycles. The molecule has 4 atom stereocenters. The predicted octanol–water partition coefficient (Wildman–Crippen LogP) is 2.02. The van der Waals surface area contributed by atoms with Crippen molar-refractivity contribution >= 4 is 0 Å². The first kappa shape index (κ1) is 17.7. The molecular weight excluding hydrogens is 372 g/mol. The molecule has 0 saturated carbocycles. The Bertz CT molecular complexity index is 1020. The number of fused-ring (bicyclic) bond motifs is 2. The van der Waals surface area contributed by atoms with Crippen LogP contribution in [0.5, 0.6) is 17.2 Å². The SMILES string of the molecule is COc1cc(C2C(C#N)=C(N)OC3NNC(c4ccccc4)C32)cc2c1OCO2. The molecule has 148 valence electrons. The number of hydrogen-bond donors (Lipinski definition) is 3. The van der Waals surface area contributed by atoms with Gasteiger partial charge in [-0.15, -0.1) is 0 Å². The third kappa shape index (κ3) is 2.75. The van der Waals surface area contributed by atoms with E-state index in [0.29, 0.717) is 22.8 Å². The molecule has 29 heavy (non-hydrogen) atoms. The third-order valence-electron chi connectivity index (χ3n) is 5.65. The molecule has 4 unspecified atom stereocenters. The number of nitrogens with one attached hydrogen (secondary N) is 2. The second-order valence-electron chi connectivity index (χ2n) is 7.12. The Morgan fingerprint density at radius 1 is 1.14 bits per heavy atom. The average molecular weight is 392 g/mol. The standard InChI is InChI=1S/C21H20N4O4/c1-26-14-7-12(8-15-19(14)28-10-27-15)16-13(9-22)20(23)29-21-17(16)18(24-25-21)11-5-3-2-4-6-11/h2-8,16-18,21,24-25H,10,23H2,1H3. The van der Waals surface area contributed by atoms with E-state index in [4.69, 9.17) is 24.7 Å². The molecule has 2 aromatic carbocycles. The van der Waals surface area contributed by atoms with Gasteiger partial charge in [0.15, 0.2) is 17.7 Å². The van der Waals surface area contributed by atoms with Crippen LogP contribution in [-0.2, 0) is 4.74 Å². The lowest BCUT2D eigenvalue weighted by Gasteiger charge is -2.36. The molecule has 8 heteroatoms. The van der Waals surface area contributed by atoms with Crippen LogP contribution in [-0.4, -0.2) is 20.1 Å². The fourth-order valence-electron chi connectivity index (χ4n) is 4.37. The van der Waals surface area contributed by atoms with Gasteiger partial charge in [-0.05, 0) is 23.3 Å². The lowest BCUT2D eigenvalue weighted by molar-refractivity contribution is 0.0340. The molecule has 0 bridgehead atoms. The maximum absolute atomic E-state index is 9.89. The van der Waals surface area contributed by atoms with Crippen molar-refractivity contribution in [3.8, 4) is 23.3 Å². The van der Waals surface area contributed by atoms with Crippen molar-refractivity contribution in [1.29, 1.82) is 5.26 Å². The van der Waals surface area contributed by atoms with Crippen LogP contribution >= 0.6 is 0 Å². The van der Waals surface area contributed by atoms with Crippen LogP contribution in [0.1, 0.15) is 23.1 Å². The van der Waals surface area contributed by atoms with E-state index < -0.39 is 6.23 Å². The summed E-state index contributed by atoms with van der Waals surface area (Å²) in [6.07, 6.45) is -0.390. The Hall–Kier alpha value is -3.41. The zero-order valence-corrected chi connectivity index (χ0v) is 15.7. The minimum Gasteiger partial charge on any atom is -0.493 e. The fourth-order valence-corrected chi connectivity index (χ4v) is 4.37. The van der Waals surface area contributed by atoms with Crippen LogP contribution < -0.4 is 30.8 Å². The Kier molecular flexibility index (Phi) is 4.19. The van der Waals surface area contributed by atoms with E-state index >= 15 is 0 Å². The van der Waals surface area contributed by atoms with Gasteiger partial charge in [0.2, 0.25) is 18.4 Å². The van der Waals surface area contributed by atoms with Crippen molar-refractivity contribution < 1.29 is 18.9 Å². The topological polar surface area (TPSA) is 111 Å². The fraction of sp³-hybridized carbons (Fsp3) is 0.286. The maximum Gasteiger partial charge on any atom is 0.231 e. The number of nitriles is 1. The summed E-state index contributed by atoms with van der Waals surface area (Å²) >= 11 is 0. The Morgan fingerprint density at radius 2 is 1.97 bits per heavy atom. The molecule has 2 aromatic rings. The summed E-state index contributed by atoms with van der Waals surface area (Å²) in [7, 11) is 1.58. The molecule has 4 N–H and O–H groups in total. The van der Waals surface area contributed by atoms with Gasteiger partial charge in [0, 0.05) is 11.8 Å². The minimum atomic E-state index is -0.390. The van der Waals surface area contributed by atoms with E-state index in [1.807, 2.05) is 42.5 Å². The molecule has 0 radical (unpaired) electrons. The van der Waals surface area contributed by atoms with Gasteiger partial charge < -0.3 is 24.7 Å². The van der Waals surface area contributed by atoms with E-state index in [9.17, 15) is 5.26 Å². The predicted molar refractivity (Wildman–Crippen MR) is 103 cm³/mol. The van der Waals surface area contributed by atoms with Crippen LogP contribution in [0.3, 0.4) is 0 Å². The Balaban J connectivity index is 1.65. The lowest BCUT2D eigenvalue weighted by atomic mass is 9.74. The molecule has 1 fully saturated rings. The van der Waals surface area contributed by atoms with Crippen molar-refractivity contribution in [2.75, 3.05) is 13.9 Å². The zero-order valence-electron chi connectivity index (χ0n) is 15.7. The van der Waals surface area contributed by atoms with E-state index in [1.165, 1.54) is 0 Å². The molecule has 0 aliphatic carbocycles. The first-order valence-corrected chi connectivity index (χ1v) is 9.31. The molecule has 3 aliphatic rings. The molecule has 5 rings (SSSR count). The number of allylic oxidation sites excluding steroid dienone is 1. The highest BCUT2D eigenvalue weighted by atomic mass is 16.7. The van der Waals surface area contributed by atoms with E-state index in [0.717, 1.165) is 11.1 Å². The molecular formula is C21H20N4O4. The van der Waals surface area contributed by atoms with Gasteiger partial charge in [0.05, 0.1) is 18.7 Å². The zero-order chi connectivity index (χ0) is 20.0. The van der Waals surface area contributed by atoms with Crippen LogP contribution in [0, 0.1) is 17.2 Å². The normalized spacial score (nSPS) is 27.2. The van der Waals surface area contributed by atoms with Gasteiger partial charge in [0.1, 0.15) is 6.07 Å². The Morgan fingerprint density at radius 3 is 2.72 bits per heavy atom. The number of ether oxygens (including phenoxy) is 4. The number of nitrogens with two attached hydrogens (primary N) is 1. The third-order valence-corrected chi connectivity index (χ3v) is 5.65. The highest BCUT2D eigenvalue weighted by Crippen LogP contribution is 2.51. The van der Waals surface area contributed by atoms with Crippen molar-refractivity contribution in [1.82, 2.24) is 10.9 Å². The van der Waals surface area contributed by atoms with E-state index in [-0.39, 0.29) is 30.6 Å². The largest absolute Gasteiger partial charge is 0.493 e. The molecule has 0 spiro atoms. The Labute approximate surface area is 167 Å². The summed E-state index contributed by atoms with van der Waals surface area (Å²) in [4.78, 5) is 0. The molecule has 1 saturated heterocycles. The summed E-state index contributed by atoms with van der Waals surface area (Å²) < 4.78 is 22.5. The maximum atomic E-state index is 9.89. The van der Waals surface area contributed by atoms with Gasteiger partial charge in [-0.25, -0.2) is 10.9 Å². The van der Waals surface area contributed by atoms with Crippen LogP contribution in [0.15, 0.2) is 53.9 Å². The van der Waals surface area contributed by atoms with Crippen LogP contribution in [0.4, 0.5) is 0 Å². The lowest BCUT2D eigenvalue weighted by Crippen LogP contribution is -2.41. The number of methoxy groups -OCH3 is 1. The molecule has 0 amide bonds. The van der Waals surface area contributed by atoms with Gasteiger partial charge in [0.25, 0.3) is 0 Å². The summed E-state index contributed by atoms with van der Waals surface area (Å²) in [6, 6.07) is 16.0. The summed E-state index contributed by atoms with van der Waals surface area (Å²) in [5, 5.41) is 9.89. The second-order valence-corrected chi connectivity index (χ2v) is 7.12. The van der Waals surface area contributed by atoms with Crippen LogP contribution in [0.25, 0.3) is 0 Å². The molecule has 8 nitrogen and oxygen atoms in total. The average Bonchev–Trinajstić information content (AvgIpc) is 3.39. The smallest absolute Gasteiger partial charge is 0.231 e. The highest BCUT2D eigenvalue weighted by molar-refractivity contribution is 5.58. The monoisotopic (exact) mass is 392 g/mol. The van der Waals surface area contributed by atoms with Crippen molar-refractivity contribution in [2.45, 2.75) is 18.2 Å². The number of hydrazine groups is 1. The minimum absolute atomic E-state index is 0.0842. The number of benzene rings is 2. The van der Waals surface area contributed by atoms with Crippen molar-refractivity contribution in [3.63, 3.8) is 0 Å². The van der Waals surface area contributed by atoms with Gasteiger partial charge in [-0.1, -0.05) is 30.3 Å². The number of hydrogen-bond acceptors (Lipinski definition) is 8. The summed E-state index contributed by atoms with van der Waals surface area (Å²) in [5.74, 6) is 1.40. The number of rotatable bonds is 3. The van der Waals surface area contributed by atoms with Gasteiger partial charge in [-0.3, -0.25) is 0 Å². The summed E-state index contributed by atoms with van der Waals surface area (Å²) in [5.41, 5.74) is 14.9. The highest BCUT2D eigenvalue weighted by Gasteiger charge is 2.49. The van der Waals surface area contributed by atoms with E-state index in [2.05, 4.69) is 16.9 Å². The first-order chi connectivity index (χ1) is 14.2. The van der Waals surface area contributed by atoms with Gasteiger partial charge >= 0.3 is 0 Å². The molecule has 3 aliphatic heterocycles. The first-order valence-electron chi connectivity index (χ1n) is 9.31. The van der Waals surface area contributed by atoms with Gasteiger partial charge in [-0.2, -0.15) is 5.26 Å². The van der Waals surface area contributed by atoms with E-state index in [1.54, 1.807) is 7.11 Å². The quantitative estimate of drug-likeness (QED) is 0.728.